The maximum Gasteiger partial charge on any atom is 0.137 e. The molecule has 1 aliphatic heterocycles. The van der Waals surface area contributed by atoms with Gasteiger partial charge < -0.3 is 15.2 Å². The minimum Gasteiger partial charge on any atom is -0.495 e. The van der Waals surface area contributed by atoms with Crippen LogP contribution in [0.1, 0.15) is 23.7 Å². The molecule has 0 radical (unpaired) electrons. The summed E-state index contributed by atoms with van der Waals surface area (Å²) in [6.07, 6.45) is 1.26. The lowest BCUT2D eigenvalue weighted by atomic mass is 9.92. The van der Waals surface area contributed by atoms with E-state index in [0.29, 0.717) is 10.8 Å². The third-order valence-corrected chi connectivity index (χ3v) is 4.28. The number of aryl methyl sites for hydroxylation is 1. The number of aliphatic hydroxyl groups is 1. The van der Waals surface area contributed by atoms with Gasteiger partial charge in [0.25, 0.3) is 0 Å². The summed E-state index contributed by atoms with van der Waals surface area (Å²) in [5.74, 6) is 0.620. The molecule has 2 atom stereocenters. The van der Waals surface area contributed by atoms with Crippen molar-refractivity contribution in [2.45, 2.75) is 25.0 Å². The SMILES string of the molecule is COc1ccc(C(O)C2CCc3ccccc3N2)cc1Cl. The van der Waals surface area contributed by atoms with Crippen LogP contribution in [0.5, 0.6) is 5.75 Å². The van der Waals surface area contributed by atoms with E-state index < -0.39 is 6.10 Å². The molecule has 2 aromatic rings. The lowest BCUT2D eigenvalue weighted by molar-refractivity contribution is 0.149. The number of fused-ring (bicyclic) bond motifs is 1. The molecule has 0 amide bonds. The largest absolute Gasteiger partial charge is 0.495 e. The molecule has 2 N–H and O–H groups in total. The first-order chi connectivity index (χ1) is 10.2. The van der Waals surface area contributed by atoms with Crippen molar-refractivity contribution < 1.29 is 9.84 Å². The zero-order chi connectivity index (χ0) is 14.8. The molecule has 0 bridgehead atoms. The number of methoxy groups -OCH3 is 1. The second kappa shape index (κ2) is 5.96. The molecule has 4 heteroatoms. The summed E-state index contributed by atoms with van der Waals surface area (Å²) in [5.41, 5.74) is 3.21. The zero-order valence-electron chi connectivity index (χ0n) is 11.8. The Kier molecular flexibility index (Phi) is 4.04. The predicted molar refractivity (Wildman–Crippen MR) is 85.1 cm³/mol. The number of hydrogen-bond donors (Lipinski definition) is 2. The highest BCUT2D eigenvalue weighted by molar-refractivity contribution is 6.32. The lowest BCUT2D eigenvalue weighted by Gasteiger charge is -2.31. The van der Waals surface area contributed by atoms with E-state index in [0.717, 1.165) is 24.1 Å². The fourth-order valence-electron chi connectivity index (χ4n) is 2.80. The van der Waals surface area contributed by atoms with Gasteiger partial charge in [-0.15, -0.1) is 0 Å². The molecule has 0 saturated heterocycles. The van der Waals surface area contributed by atoms with Crippen LogP contribution in [0.4, 0.5) is 5.69 Å². The first kappa shape index (κ1) is 14.2. The van der Waals surface area contributed by atoms with Gasteiger partial charge in [-0.05, 0) is 42.2 Å². The van der Waals surface area contributed by atoms with Gasteiger partial charge in [-0.3, -0.25) is 0 Å². The van der Waals surface area contributed by atoms with Crippen molar-refractivity contribution in [1.82, 2.24) is 0 Å². The molecule has 1 aliphatic rings. The van der Waals surface area contributed by atoms with Gasteiger partial charge in [0.05, 0.1) is 24.3 Å². The number of rotatable bonds is 3. The van der Waals surface area contributed by atoms with Crippen LogP contribution in [0.3, 0.4) is 0 Å². The Bertz CT molecular complexity index is 644. The molecule has 110 valence electrons. The van der Waals surface area contributed by atoms with Crippen molar-refractivity contribution in [2.24, 2.45) is 0 Å². The highest BCUT2D eigenvalue weighted by Crippen LogP contribution is 2.33. The summed E-state index contributed by atoms with van der Waals surface area (Å²) in [4.78, 5) is 0. The van der Waals surface area contributed by atoms with Crippen LogP contribution < -0.4 is 10.1 Å². The van der Waals surface area contributed by atoms with E-state index in [1.165, 1.54) is 5.56 Å². The van der Waals surface area contributed by atoms with Crippen LogP contribution in [0, 0.1) is 0 Å². The molecule has 0 saturated carbocycles. The molecule has 21 heavy (non-hydrogen) atoms. The van der Waals surface area contributed by atoms with Gasteiger partial charge in [0.15, 0.2) is 0 Å². The standard InChI is InChI=1S/C17H18ClNO2/c1-21-16-9-7-12(10-13(16)18)17(20)15-8-6-11-4-2-3-5-14(11)19-15/h2-5,7,9-10,15,17,19-20H,6,8H2,1H3. The van der Waals surface area contributed by atoms with Crippen LogP contribution in [0.15, 0.2) is 42.5 Å². The molecule has 0 spiro atoms. The minimum atomic E-state index is -0.596. The normalized spacial score (nSPS) is 18.5. The number of nitrogens with one attached hydrogen (secondary N) is 1. The van der Waals surface area contributed by atoms with Crippen LogP contribution in [-0.4, -0.2) is 18.3 Å². The number of benzene rings is 2. The molecule has 2 aromatic carbocycles. The maximum absolute atomic E-state index is 10.6. The summed E-state index contributed by atoms with van der Waals surface area (Å²) < 4.78 is 5.14. The van der Waals surface area contributed by atoms with E-state index in [1.54, 1.807) is 19.2 Å². The van der Waals surface area contributed by atoms with Gasteiger partial charge in [-0.25, -0.2) is 0 Å². The number of ether oxygens (including phenoxy) is 1. The molecular weight excluding hydrogens is 286 g/mol. The van der Waals surface area contributed by atoms with Gasteiger partial charge in [-0.2, -0.15) is 0 Å². The summed E-state index contributed by atoms with van der Waals surface area (Å²) in [7, 11) is 1.58. The Labute approximate surface area is 129 Å². The van der Waals surface area contributed by atoms with E-state index in [1.807, 2.05) is 18.2 Å². The summed E-state index contributed by atoms with van der Waals surface area (Å²) in [6.45, 7) is 0. The molecule has 1 heterocycles. The predicted octanol–water partition coefficient (Wildman–Crippen LogP) is 3.81. The average Bonchev–Trinajstić information content (AvgIpc) is 2.53. The Hall–Kier alpha value is -1.71. The topological polar surface area (TPSA) is 41.5 Å². The van der Waals surface area contributed by atoms with Gasteiger partial charge in [0.2, 0.25) is 0 Å². The Morgan fingerprint density at radius 1 is 1.29 bits per heavy atom. The van der Waals surface area contributed by atoms with Crippen molar-refractivity contribution in [3.05, 3.63) is 58.6 Å². The first-order valence-corrected chi connectivity index (χ1v) is 7.43. The van der Waals surface area contributed by atoms with Crippen molar-refractivity contribution in [3.63, 3.8) is 0 Å². The fourth-order valence-corrected chi connectivity index (χ4v) is 3.06. The lowest BCUT2D eigenvalue weighted by Crippen LogP contribution is -2.31. The van der Waals surface area contributed by atoms with Gasteiger partial charge >= 0.3 is 0 Å². The molecular formula is C17H18ClNO2. The smallest absolute Gasteiger partial charge is 0.137 e. The van der Waals surface area contributed by atoms with E-state index in [9.17, 15) is 5.11 Å². The molecule has 0 fully saturated rings. The molecule has 2 unspecified atom stereocenters. The zero-order valence-corrected chi connectivity index (χ0v) is 12.6. The Morgan fingerprint density at radius 3 is 2.86 bits per heavy atom. The summed E-state index contributed by atoms with van der Waals surface area (Å²) in [5, 5.41) is 14.5. The second-order valence-electron chi connectivity index (χ2n) is 5.29. The fraction of sp³-hybridized carbons (Fsp3) is 0.294. The average molecular weight is 304 g/mol. The third kappa shape index (κ3) is 2.85. The van der Waals surface area contributed by atoms with E-state index in [-0.39, 0.29) is 6.04 Å². The highest BCUT2D eigenvalue weighted by atomic mass is 35.5. The second-order valence-corrected chi connectivity index (χ2v) is 5.69. The number of para-hydroxylation sites is 1. The number of anilines is 1. The van der Waals surface area contributed by atoms with E-state index in [4.69, 9.17) is 16.3 Å². The molecule has 0 aliphatic carbocycles. The maximum atomic E-state index is 10.6. The van der Waals surface area contributed by atoms with E-state index in [2.05, 4.69) is 17.4 Å². The van der Waals surface area contributed by atoms with Crippen molar-refractivity contribution in [2.75, 3.05) is 12.4 Å². The first-order valence-electron chi connectivity index (χ1n) is 7.05. The van der Waals surface area contributed by atoms with Gasteiger partial charge in [0.1, 0.15) is 5.75 Å². The van der Waals surface area contributed by atoms with Crippen LogP contribution in [-0.2, 0) is 6.42 Å². The van der Waals surface area contributed by atoms with Crippen molar-refractivity contribution in [3.8, 4) is 5.75 Å². The molecule has 0 aromatic heterocycles. The van der Waals surface area contributed by atoms with Crippen LogP contribution >= 0.6 is 11.6 Å². The van der Waals surface area contributed by atoms with Crippen LogP contribution in [0.25, 0.3) is 0 Å². The summed E-state index contributed by atoms with van der Waals surface area (Å²) in [6, 6.07) is 13.6. The number of hydrogen-bond acceptors (Lipinski definition) is 3. The Morgan fingerprint density at radius 2 is 2.10 bits per heavy atom. The quantitative estimate of drug-likeness (QED) is 0.906. The number of aliphatic hydroxyl groups excluding tert-OH is 1. The van der Waals surface area contributed by atoms with Gasteiger partial charge in [0, 0.05) is 5.69 Å². The molecule has 3 nitrogen and oxygen atoms in total. The van der Waals surface area contributed by atoms with Crippen molar-refractivity contribution >= 4 is 17.3 Å². The van der Waals surface area contributed by atoms with Crippen LogP contribution in [0.2, 0.25) is 5.02 Å². The molecule has 3 rings (SSSR count). The number of halogens is 1. The Balaban J connectivity index is 1.80. The van der Waals surface area contributed by atoms with E-state index >= 15 is 0 Å². The van der Waals surface area contributed by atoms with Crippen molar-refractivity contribution in [1.29, 1.82) is 0 Å². The minimum absolute atomic E-state index is 0.00985. The monoisotopic (exact) mass is 303 g/mol. The highest BCUT2D eigenvalue weighted by Gasteiger charge is 2.25. The third-order valence-electron chi connectivity index (χ3n) is 3.98. The summed E-state index contributed by atoms with van der Waals surface area (Å²) >= 11 is 6.14. The van der Waals surface area contributed by atoms with Gasteiger partial charge in [-0.1, -0.05) is 35.9 Å².